The summed E-state index contributed by atoms with van der Waals surface area (Å²) >= 11 is 0. The Hall–Kier alpha value is -1.82. The summed E-state index contributed by atoms with van der Waals surface area (Å²) in [4.78, 5) is 0. The number of benzene rings is 2. The first-order valence-corrected chi connectivity index (χ1v) is 10.6. The molecule has 1 fully saturated rings. The van der Waals surface area contributed by atoms with Crippen molar-refractivity contribution in [2.75, 3.05) is 0 Å². The molecule has 0 unspecified atom stereocenters. The minimum absolute atomic E-state index is 0.588. The van der Waals surface area contributed by atoms with Crippen molar-refractivity contribution in [1.29, 1.82) is 0 Å². The number of rotatable bonds is 5. The lowest BCUT2D eigenvalue weighted by Gasteiger charge is -2.38. The van der Waals surface area contributed by atoms with Crippen LogP contribution in [0.1, 0.15) is 75.0 Å². The quantitative estimate of drug-likeness (QED) is 0.520. The van der Waals surface area contributed by atoms with E-state index >= 15 is 0 Å². The summed E-state index contributed by atoms with van der Waals surface area (Å²) in [6.45, 7) is 4.53. The molecular weight excluding hydrogens is 312 g/mol. The minimum Gasteiger partial charge on any atom is -0.0654 e. The summed E-state index contributed by atoms with van der Waals surface area (Å²) < 4.78 is 0. The van der Waals surface area contributed by atoms with Crippen molar-refractivity contribution in [3.63, 3.8) is 0 Å². The summed E-state index contributed by atoms with van der Waals surface area (Å²) in [5.41, 5.74) is 9.36. The highest BCUT2D eigenvalue weighted by atomic mass is 14.4. The van der Waals surface area contributed by atoms with Gasteiger partial charge in [-0.15, -0.1) is 0 Å². The largest absolute Gasteiger partial charge is 0.0654 e. The molecule has 0 aliphatic heterocycles. The molecule has 26 heavy (non-hydrogen) atoms. The summed E-state index contributed by atoms with van der Waals surface area (Å²) in [6, 6.07) is 15.9. The summed E-state index contributed by atoms with van der Waals surface area (Å²) in [7, 11) is 0. The SMILES string of the molecule is CCCC1(CC2=Cc3c(cccc3-c3ccc(C)cc3)C2)CCCCC1. The van der Waals surface area contributed by atoms with Gasteiger partial charge in [0.1, 0.15) is 0 Å². The lowest BCUT2D eigenvalue weighted by atomic mass is 9.67. The molecule has 136 valence electrons. The average molecular weight is 345 g/mol. The normalized spacial score (nSPS) is 18.5. The van der Waals surface area contributed by atoms with Crippen molar-refractivity contribution in [3.8, 4) is 11.1 Å². The van der Waals surface area contributed by atoms with E-state index < -0.39 is 0 Å². The van der Waals surface area contributed by atoms with E-state index in [4.69, 9.17) is 0 Å². The third-order valence-electron chi connectivity index (χ3n) is 6.62. The van der Waals surface area contributed by atoms with Gasteiger partial charge in [-0.3, -0.25) is 0 Å². The predicted molar refractivity (Wildman–Crippen MR) is 113 cm³/mol. The highest BCUT2D eigenvalue weighted by Crippen LogP contribution is 2.47. The molecule has 2 aromatic carbocycles. The first-order valence-electron chi connectivity index (χ1n) is 10.6. The van der Waals surface area contributed by atoms with E-state index in [9.17, 15) is 0 Å². The summed E-state index contributed by atoms with van der Waals surface area (Å²) in [6.07, 6.45) is 15.0. The van der Waals surface area contributed by atoms with Crippen LogP contribution >= 0.6 is 0 Å². The second-order valence-electron chi connectivity index (χ2n) is 8.71. The highest BCUT2D eigenvalue weighted by molar-refractivity contribution is 5.80. The van der Waals surface area contributed by atoms with Gasteiger partial charge in [-0.2, -0.15) is 0 Å². The maximum Gasteiger partial charge on any atom is -0.00574 e. The lowest BCUT2D eigenvalue weighted by molar-refractivity contribution is 0.169. The van der Waals surface area contributed by atoms with Crippen molar-refractivity contribution in [1.82, 2.24) is 0 Å². The zero-order valence-electron chi connectivity index (χ0n) is 16.5. The standard InChI is InChI=1S/C26H32/c1-3-14-26(15-5-4-6-16-26)19-21-17-23-8-7-9-24(25(23)18-21)22-12-10-20(2)11-13-22/h7-13,18H,3-6,14-17,19H2,1-2H3. The Morgan fingerprint density at radius 2 is 1.69 bits per heavy atom. The van der Waals surface area contributed by atoms with Crippen LogP contribution in [0.15, 0.2) is 48.0 Å². The van der Waals surface area contributed by atoms with Crippen LogP contribution in [0.5, 0.6) is 0 Å². The van der Waals surface area contributed by atoms with Crippen LogP contribution in [-0.4, -0.2) is 0 Å². The average Bonchev–Trinajstić information content (AvgIpc) is 3.05. The maximum atomic E-state index is 2.54. The molecule has 2 aliphatic carbocycles. The zero-order chi connectivity index (χ0) is 18.0. The van der Waals surface area contributed by atoms with Crippen LogP contribution in [0.4, 0.5) is 0 Å². The molecule has 1 saturated carbocycles. The van der Waals surface area contributed by atoms with Crippen molar-refractivity contribution in [2.24, 2.45) is 5.41 Å². The van der Waals surface area contributed by atoms with Crippen molar-refractivity contribution >= 4 is 6.08 Å². The molecule has 0 heteroatoms. The third kappa shape index (κ3) is 3.52. The van der Waals surface area contributed by atoms with Crippen LogP contribution in [0.25, 0.3) is 17.2 Å². The molecule has 0 heterocycles. The molecule has 0 N–H and O–H groups in total. The molecule has 0 nitrogen and oxygen atoms in total. The third-order valence-corrected chi connectivity index (χ3v) is 6.62. The highest BCUT2D eigenvalue weighted by Gasteiger charge is 2.33. The van der Waals surface area contributed by atoms with E-state index in [-0.39, 0.29) is 0 Å². The Morgan fingerprint density at radius 3 is 2.42 bits per heavy atom. The van der Waals surface area contributed by atoms with Crippen LogP contribution in [0, 0.1) is 12.3 Å². The zero-order valence-corrected chi connectivity index (χ0v) is 16.5. The van der Waals surface area contributed by atoms with Gasteiger partial charge in [-0.1, -0.05) is 92.3 Å². The lowest BCUT2D eigenvalue weighted by Crippen LogP contribution is -2.24. The molecule has 0 aromatic heterocycles. The van der Waals surface area contributed by atoms with Gasteiger partial charge in [0.2, 0.25) is 0 Å². The molecule has 4 rings (SSSR count). The van der Waals surface area contributed by atoms with E-state index in [0.717, 1.165) is 0 Å². The number of fused-ring (bicyclic) bond motifs is 1. The van der Waals surface area contributed by atoms with Gasteiger partial charge >= 0.3 is 0 Å². The Bertz CT molecular complexity index is 780. The number of aryl methyl sites for hydroxylation is 1. The van der Waals surface area contributed by atoms with Gasteiger partial charge in [-0.25, -0.2) is 0 Å². The molecule has 0 spiro atoms. The van der Waals surface area contributed by atoms with E-state index in [1.807, 2.05) is 0 Å². The number of hydrogen-bond donors (Lipinski definition) is 0. The first kappa shape index (κ1) is 17.6. The van der Waals surface area contributed by atoms with Gasteiger partial charge < -0.3 is 0 Å². The van der Waals surface area contributed by atoms with E-state index in [1.165, 1.54) is 85.6 Å². The van der Waals surface area contributed by atoms with Crippen LogP contribution in [0.2, 0.25) is 0 Å². The van der Waals surface area contributed by atoms with Gasteiger partial charge in [0.25, 0.3) is 0 Å². The van der Waals surface area contributed by atoms with E-state index in [0.29, 0.717) is 5.41 Å². The Balaban J connectivity index is 1.62. The molecule has 0 atom stereocenters. The Morgan fingerprint density at radius 1 is 0.923 bits per heavy atom. The molecule has 0 amide bonds. The Labute approximate surface area is 159 Å². The fraction of sp³-hybridized carbons (Fsp3) is 0.462. The predicted octanol–water partition coefficient (Wildman–Crippen LogP) is 7.74. The minimum atomic E-state index is 0.588. The second-order valence-corrected chi connectivity index (χ2v) is 8.71. The summed E-state index contributed by atoms with van der Waals surface area (Å²) in [5, 5.41) is 0. The van der Waals surface area contributed by atoms with Gasteiger partial charge in [0.05, 0.1) is 0 Å². The Kier molecular flexibility index (Phi) is 5.02. The van der Waals surface area contributed by atoms with Gasteiger partial charge in [-0.05, 0) is 66.7 Å². The molecule has 0 saturated heterocycles. The molecular formula is C26H32. The number of allylic oxidation sites excluding steroid dienone is 1. The van der Waals surface area contributed by atoms with Crippen LogP contribution in [0.3, 0.4) is 0 Å². The monoisotopic (exact) mass is 344 g/mol. The second kappa shape index (κ2) is 7.43. The van der Waals surface area contributed by atoms with Gasteiger partial charge in [0, 0.05) is 0 Å². The summed E-state index contributed by atoms with van der Waals surface area (Å²) in [5.74, 6) is 0. The van der Waals surface area contributed by atoms with E-state index in [1.54, 1.807) is 5.57 Å². The first-order chi connectivity index (χ1) is 12.7. The van der Waals surface area contributed by atoms with Crippen molar-refractivity contribution in [3.05, 3.63) is 64.7 Å². The molecule has 0 bridgehead atoms. The molecule has 2 aromatic rings. The smallest absolute Gasteiger partial charge is 0.00574 e. The van der Waals surface area contributed by atoms with Crippen molar-refractivity contribution < 1.29 is 0 Å². The fourth-order valence-electron chi connectivity index (χ4n) is 5.36. The number of hydrogen-bond acceptors (Lipinski definition) is 0. The van der Waals surface area contributed by atoms with Crippen molar-refractivity contribution in [2.45, 2.75) is 71.6 Å². The molecule has 0 radical (unpaired) electrons. The fourth-order valence-corrected chi connectivity index (χ4v) is 5.36. The van der Waals surface area contributed by atoms with Gasteiger partial charge in [0.15, 0.2) is 0 Å². The van der Waals surface area contributed by atoms with Crippen LogP contribution in [-0.2, 0) is 6.42 Å². The maximum absolute atomic E-state index is 2.54. The van der Waals surface area contributed by atoms with Crippen LogP contribution < -0.4 is 0 Å². The topological polar surface area (TPSA) is 0 Å². The van der Waals surface area contributed by atoms with E-state index in [2.05, 4.69) is 62.4 Å². The molecule has 2 aliphatic rings.